The van der Waals surface area contributed by atoms with Crippen LogP contribution in [0.1, 0.15) is 19.5 Å². The van der Waals surface area contributed by atoms with Gasteiger partial charge in [0.15, 0.2) is 11.3 Å². The van der Waals surface area contributed by atoms with Crippen molar-refractivity contribution in [2.24, 2.45) is 4.99 Å². The summed E-state index contributed by atoms with van der Waals surface area (Å²) in [6.45, 7) is 5.72. The van der Waals surface area contributed by atoms with E-state index in [1.165, 1.54) is 16.2 Å². The van der Waals surface area contributed by atoms with Crippen molar-refractivity contribution >= 4 is 17.7 Å². The first kappa shape index (κ1) is 20.6. The molecular formula is C22H22F3N7. The molecular weight excluding hydrogens is 419 g/mol. The number of halogens is 3. The summed E-state index contributed by atoms with van der Waals surface area (Å²) in [7, 11) is 0. The van der Waals surface area contributed by atoms with E-state index in [0.717, 1.165) is 24.8 Å². The van der Waals surface area contributed by atoms with Crippen molar-refractivity contribution in [2.75, 3.05) is 18.0 Å². The van der Waals surface area contributed by atoms with Crippen LogP contribution in [0.3, 0.4) is 0 Å². The normalized spacial score (nSPS) is 23.7. The molecule has 5 heterocycles. The Morgan fingerprint density at radius 1 is 1.12 bits per heavy atom. The molecule has 0 bridgehead atoms. The minimum atomic E-state index is -4.54. The summed E-state index contributed by atoms with van der Waals surface area (Å²) in [5, 5.41) is 3.64. The molecule has 2 aliphatic rings. The van der Waals surface area contributed by atoms with Crippen LogP contribution in [0, 0.1) is 0 Å². The second-order valence-corrected chi connectivity index (χ2v) is 8.16. The van der Waals surface area contributed by atoms with Crippen molar-refractivity contribution in [2.45, 2.75) is 38.1 Å². The molecule has 1 fully saturated rings. The lowest BCUT2D eigenvalue weighted by Gasteiger charge is -2.44. The van der Waals surface area contributed by atoms with Gasteiger partial charge in [0.1, 0.15) is 5.82 Å². The van der Waals surface area contributed by atoms with Crippen molar-refractivity contribution in [3.63, 3.8) is 0 Å². The van der Waals surface area contributed by atoms with Gasteiger partial charge in [-0.1, -0.05) is 12.1 Å². The fourth-order valence-corrected chi connectivity index (χ4v) is 4.34. The van der Waals surface area contributed by atoms with Crippen molar-refractivity contribution in [1.29, 1.82) is 0 Å². The minimum Gasteiger partial charge on any atom is -0.350 e. The van der Waals surface area contributed by atoms with E-state index in [9.17, 15) is 13.2 Å². The Kier molecular flexibility index (Phi) is 4.96. The van der Waals surface area contributed by atoms with E-state index in [4.69, 9.17) is 4.98 Å². The average molecular weight is 441 g/mol. The molecule has 1 N–H and O–H groups in total. The number of aromatic nitrogens is 4. The van der Waals surface area contributed by atoms with Gasteiger partial charge in [-0.2, -0.15) is 13.2 Å². The third-order valence-corrected chi connectivity index (χ3v) is 5.92. The van der Waals surface area contributed by atoms with Gasteiger partial charge in [-0.3, -0.25) is 9.39 Å². The van der Waals surface area contributed by atoms with Gasteiger partial charge in [0.05, 0.1) is 36.4 Å². The summed E-state index contributed by atoms with van der Waals surface area (Å²) in [6.07, 6.45) is 3.11. The molecule has 0 saturated carbocycles. The number of pyridine rings is 1. The van der Waals surface area contributed by atoms with Crippen LogP contribution in [0.15, 0.2) is 53.4 Å². The van der Waals surface area contributed by atoms with E-state index in [1.807, 2.05) is 18.3 Å². The molecule has 0 amide bonds. The summed E-state index contributed by atoms with van der Waals surface area (Å²) in [6, 6.07) is 6.04. The molecule has 1 saturated heterocycles. The zero-order valence-corrected chi connectivity index (χ0v) is 17.6. The van der Waals surface area contributed by atoms with E-state index in [1.54, 1.807) is 6.07 Å². The third kappa shape index (κ3) is 3.64. The maximum atomic E-state index is 13.2. The van der Waals surface area contributed by atoms with Gasteiger partial charge in [-0.05, 0) is 31.6 Å². The first-order chi connectivity index (χ1) is 15.3. The second kappa shape index (κ2) is 7.70. The fraction of sp³-hybridized carbons (Fsp3) is 0.364. The van der Waals surface area contributed by atoms with E-state index < -0.39 is 11.9 Å². The highest BCUT2D eigenvalue weighted by atomic mass is 19.4. The van der Waals surface area contributed by atoms with Gasteiger partial charge in [0.25, 0.3) is 0 Å². The molecule has 7 nitrogen and oxygen atoms in total. The minimum absolute atomic E-state index is 0.117. The number of fused-ring (bicyclic) bond motifs is 1. The van der Waals surface area contributed by atoms with Crippen LogP contribution in [0.5, 0.6) is 0 Å². The zero-order chi connectivity index (χ0) is 22.5. The number of aliphatic imine (C=N–C) groups is 1. The van der Waals surface area contributed by atoms with Crippen LogP contribution < -0.4 is 10.2 Å². The molecule has 166 valence electrons. The molecule has 2 aliphatic heterocycles. The van der Waals surface area contributed by atoms with Crippen molar-refractivity contribution in [3.05, 3.63) is 54.1 Å². The van der Waals surface area contributed by atoms with E-state index in [-0.39, 0.29) is 18.1 Å². The molecule has 5 rings (SSSR count). The summed E-state index contributed by atoms with van der Waals surface area (Å²) < 4.78 is 40.9. The van der Waals surface area contributed by atoms with Gasteiger partial charge >= 0.3 is 6.18 Å². The van der Waals surface area contributed by atoms with E-state index in [2.05, 4.69) is 45.1 Å². The maximum Gasteiger partial charge on any atom is 0.434 e. The highest BCUT2D eigenvalue weighted by Crippen LogP contribution is 2.30. The summed E-state index contributed by atoms with van der Waals surface area (Å²) in [5.74, 6) is 0.768. The lowest BCUT2D eigenvalue weighted by molar-refractivity contribution is -0.141. The Morgan fingerprint density at radius 3 is 2.72 bits per heavy atom. The molecule has 10 heteroatoms. The zero-order valence-electron chi connectivity index (χ0n) is 17.6. The van der Waals surface area contributed by atoms with Crippen molar-refractivity contribution in [1.82, 2.24) is 24.7 Å². The number of hydrogen-bond acceptors (Lipinski definition) is 6. The van der Waals surface area contributed by atoms with Crippen LogP contribution in [0.4, 0.5) is 19.0 Å². The number of imidazole rings is 1. The average Bonchev–Trinajstić information content (AvgIpc) is 3.44. The predicted octanol–water partition coefficient (Wildman–Crippen LogP) is 3.38. The highest BCUT2D eigenvalue weighted by molar-refractivity contribution is 5.83. The Balaban J connectivity index is 1.52. The number of hydrogen-bond donors (Lipinski definition) is 1. The fourth-order valence-electron chi connectivity index (χ4n) is 4.34. The first-order valence-corrected chi connectivity index (χ1v) is 10.4. The number of nitrogens with one attached hydrogen (secondary N) is 1. The molecule has 0 aliphatic carbocycles. The molecule has 0 radical (unpaired) electrons. The standard InChI is InChI=1S/C22H22F3N7/c1-13-11-31(14(2)21(29-13)15-6-7-26-8-15)19-5-3-4-16(30-19)17-9-28-20-10-27-18(12-32(17)20)22(23,24)25/h3-6,8-10,12-14,21,29H,7,11H2,1-2H3. The largest absolute Gasteiger partial charge is 0.434 e. The first-order valence-electron chi connectivity index (χ1n) is 10.4. The van der Waals surface area contributed by atoms with E-state index >= 15 is 0 Å². The molecule has 32 heavy (non-hydrogen) atoms. The van der Waals surface area contributed by atoms with Crippen LogP contribution in [-0.4, -0.2) is 56.8 Å². The maximum absolute atomic E-state index is 13.2. The van der Waals surface area contributed by atoms with Gasteiger partial charge < -0.3 is 10.2 Å². The molecule has 0 aromatic carbocycles. The third-order valence-electron chi connectivity index (χ3n) is 5.92. The lowest BCUT2D eigenvalue weighted by Crippen LogP contribution is -2.61. The molecule has 3 aromatic heterocycles. The SMILES string of the molecule is CC1CN(c2cccc(-c3cnc4cnc(C(F)(F)F)cn34)n2)C(C)C(C2=CCN=C2)N1. The molecule has 0 spiro atoms. The smallest absolute Gasteiger partial charge is 0.350 e. The number of alkyl halides is 3. The van der Waals surface area contributed by atoms with Crippen molar-refractivity contribution < 1.29 is 13.2 Å². The van der Waals surface area contributed by atoms with Crippen LogP contribution in [0.2, 0.25) is 0 Å². The van der Waals surface area contributed by atoms with Gasteiger partial charge in [0, 0.05) is 31.0 Å². The van der Waals surface area contributed by atoms with Crippen LogP contribution >= 0.6 is 0 Å². The second-order valence-electron chi connectivity index (χ2n) is 8.16. The van der Waals surface area contributed by atoms with Gasteiger partial charge in [-0.25, -0.2) is 15.0 Å². The summed E-state index contributed by atoms with van der Waals surface area (Å²) in [5.41, 5.74) is 1.55. The number of nitrogens with zero attached hydrogens (tertiary/aromatic N) is 6. The summed E-state index contributed by atoms with van der Waals surface area (Å²) in [4.78, 5) is 19.0. The Morgan fingerprint density at radius 2 is 1.97 bits per heavy atom. The van der Waals surface area contributed by atoms with Gasteiger partial charge in [0.2, 0.25) is 0 Å². The number of piperazine rings is 1. The van der Waals surface area contributed by atoms with Gasteiger partial charge in [-0.15, -0.1) is 0 Å². The Labute approximate surface area is 182 Å². The van der Waals surface area contributed by atoms with Crippen LogP contribution in [0.25, 0.3) is 17.0 Å². The Hall–Kier alpha value is -3.27. The molecule has 3 aromatic rings. The lowest BCUT2D eigenvalue weighted by atomic mass is 9.95. The number of anilines is 1. The summed E-state index contributed by atoms with van der Waals surface area (Å²) >= 11 is 0. The molecule has 3 unspecified atom stereocenters. The number of rotatable bonds is 3. The topological polar surface area (TPSA) is 70.7 Å². The quantitative estimate of drug-likeness (QED) is 0.675. The van der Waals surface area contributed by atoms with E-state index in [0.29, 0.717) is 23.6 Å². The predicted molar refractivity (Wildman–Crippen MR) is 116 cm³/mol. The highest BCUT2D eigenvalue weighted by Gasteiger charge is 2.35. The van der Waals surface area contributed by atoms with Crippen molar-refractivity contribution in [3.8, 4) is 11.4 Å². The van der Waals surface area contributed by atoms with Crippen LogP contribution in [-0.2, 0) is 6.18 Å². The Bertz CT molecular complexity index is 1210. The molecule has 3 atom stereocenters. The monoisotopic (exact) mass is 441 g/mol.